The summed E-state index contributed by atoms with van der Waals surface area (Å²) in [5.74, 6) is 0. The minimum absolute atomic E-state index is 0.0759. The van der Waals surface area contributed by atoms with Gasteiger partial charge in [-0.3, -0.25) is 9.78 Å². The van der Waals surface area contributed by atoms with Gasteiger partial charge in [-0.15, -0.1) is 0 Å². The summed E-state index contributed by atoms with van der Waals surface area (Å²) in [7, 11) is 1.80. The standard InChI is InChI=1S/C18H17ClF3N3O/c1-10(2)25-14-5-4-11(6-15(14)24(3)16(25)9-26)17-13(19)7-12(8-23-17)18(20,21)22/h4-10,16H,1-3H3. The number of alkyl halides is 3. The van der Waals surface area contributed by atoms with Gasteiger partial charge in [-0.05, 0) is 32.0 Å². The number of hydrogen-bond acceptors (Lipinski definition) is 4. The molecule has 2 aromatic rings. The van der Waals surface area contributed by atoms with E-state index >= 15 is 0 Å². The van der Waals surface area contributed by atoms with Crippen molar-refractivity contribution < 1.29 is 18.0 Å². The van der Waals surface area contributed by atoms with Crippen LogP contribution in [-0.4, -0.2) is 30.5 Å². The van der Waals surface area contributed by atoms with Crippen molar-refractivity contribution in [1.82, 2.24) is 4.98 Å². The summed E-state index contributed by atoms with van der Waals surface area (Å²) in [6.45, 7) is 3.98. The highest BCUT2D eigenvalue weighted by atomic mass is 35.5. The molecule has 3 rings (SSSR count). The number of carbonyl (C=O) groups is 1. The van der Waals surface area contributed by atoms with Crippen LogP contribution in [0.1, 0.15) is 19.4 Å². The fourth-order valence-corrected chi connectivity index (χ4v) is 3.46. The number of halogens is 4. The normalized spacial score (nSPS) is 17.0. The number of pyridine rings is 1. The molecule has 0 N–H and O–H groups in total. The molecule has 1 unspecified atom stereocenters. The van der Waals surface area contributed by atoms with Gasteiger partial charge in [0.2, 0.25) is 0 Å². The Morgan fingerprint density at radius 1 is 1.23 bits per heavy atom. The SMILES string of the molecule is CC(C)N1c2ccc(-c3ncc(C(F)(F)F)cc3Cl)cc2N(C)C1C=O. The van der Waals surface area contributed by atoms with Crippen molar-refractivity contribution in [3.63, 3.8) is 0 Å². The molecule has 0 spiro atoms. The van der Waals surface area contributed by atoms with Gasteiger partial charge in [-0.1, -0.05) is 17.7 Å². The van der Waals surface area contributed by atoms with E-state index in [-0.39, 0.29) is 16.8 Å². The number of aromatic nitrogens is 1. The zero-order chi connectivity index (χ0) is 19.2. The molecule has 1 aliphatic rings. The summed E-state index contributed by atoms with van der Waals surface area (Å²) in [6.07, 6.45) is -3.30. The average Bonchev–Trinajstić information content (AvgIpc) is 2.85. The van der Waals surface area contributed by atoms with Crippen LogP contribution in [0.25, 0.3) is 11.3 Å². The third-order valence-electron chi connectivity index (χ3n) is 4.44. The van der Waals surface area contributed by atoms with Gasteiger partial charge < -0.3 is 9.80 Å². The predicted molar refractivity (Wildman–Crippen MR) is 95.6 cm³/mol. The van der Waals surface area contributed by atoms with E-state index in [1.54, 1.807) is 19.2 Å². The Balaban J connectivity index is 2.06. The number of benzene rings is 1. The smallest absolute Gasteiger partial charge is 0.347 e. The highest BCUT2D eigenvalue weighted by molar-refractivity contribution is 6.33. The van der Waals surface area contributed by atoms with Crippen LogP contribution in [0, 0.1) is 0 Å². The first-order valence-electron chi connectivity index (χ1n) is 7.98. The molecule has 0 fully saturated rings. The molecule has 0 aliphatic carbocycles. The van der Waals surface area contributed by atoms with E-state index < -0.39 is 17.9 Å². The third kappa shape index (κ3) is 3.00. The summed E-state index contributed by atoms with van der Waals surface area (Å²) in [6, 6.07) is 6.34. The van der Waals surface area contributed by atoms with Crippen molar-refractivity contribution in [2.45, 2.75) is 32.2 Å². The minimum Gasteiger partial charge on any atom is -0.347 e. The predicted octanol–water partition coefficient (Wildman–Crippen LogP) is 4.61. The van der Waals surface area contributed by atoms with Gasteiger partial charge >= 0.3 is 6.18 Å². The van der Waals surface area contributed by atoms with E-state index in [1.807, 2.05) is 29.7 Å². The lowest BCUT2D eigenvalue weighted by Gasteiger charge is -2.29. The molecule has 2 heterocycles. The van der Waals surface area contributed by atoms with Crippen LogP contribution < -0.4 is 9.80 Å². The quantitative estimate of drug-likeness (QED) is 0.725. The number of rotatable bonds is 3. The number of aldehydes is 1. The van der Waals surface area contributed by atoms with Crippen molar-refractivity contribution in [2.24, 2.45) is 0 Å². The zero-order valence-corrected chi connectivity index (χ0v) is 15.1. The van der Waals surface area contributed by atoms with Crippen molar-refractivity contribution in [2.75, 3.05) is 16.8 Å². The Bertz CT molecular complexity index is 854. The minimum atomic E-state index is -4.50. The van der Waals surface area contributed by atoms with Crippen molar-refractivity contribution in [1.29, 1.82) is 0 Å². The fourth-order valence-electron chi connectivity index (χ4n) is 3.19. The Labute approximate surface area is 154 Å². The topological polar surface area (TPSA) is 36.4 Å². The highest BCUT2D eigenvalue weighted by Gasteiger charge is 2.35. The van der Waals surface area contributed by atoms with Crippen LogP contribution in [0.4, 0.5) is 24.5 Å². The lowest BCUT2D eigenvalue weighted by molar-refractivity contribution is -0.137. The van der Waals surface area contributed by atoms with Crippen LogP contribution in [0.15, 0.2) is 30.5 Å². The summed E-state index contributed by atoms with van der Waals surface area (Å²) in [5, 5.41) is -0.0759. The molecule has 1 aromatic heterocycles. The van der Waals surface area contributed by atoms with E-state index in [2.05, 4.69) is 4.98 Å². The maximum absolute atomic E-state index is 12.8. The second kappa shape index (κ2) is 6.46. The largest absolute Gasteiger partial charge is 0.417 e. The molecular weight excluding hydrogens is 367 g/mol. The van der Waals surface area contributed by atoms with Crippen LogP contribution in [0.3, 0.4) is 0 Å². The first-order valence-corrected chi connectivity index (χ1v) is 8.36. The van der Waals surface area contributed by atoms with Crippen LogP contribution in [-0.2, 0) is 11.0 Å². The zero-order valence-electron chi connectivity index (χ0n) is 14.4. The Hall–Kier alpha value is -2.28. The van der Waals surface area contributed by atoms with E-state index in [0.29, 0.717) is 5.56 Å². The third-order valence-corrected chi connectivity index (χ3v) is 4.72. The maximum Gasteiger partial charge on any atom is 0.417 e. The monoisotopic (exact) mass is 383 g/mol. The maximum atomic E-state index is 12.8. The molecule has 0 radical (unpaired) electrons. The fraction of sp³-hybridized carbons (Fsp3) is 0.333. The molecule has 1 aliphatic heterocycles. The first kappa shape index (κ1) is 18.5. The van der Waals surface area contributed by atoms with Crippen molar-refractivity contribution >= 4 is 29.3 Å². The number of nitrogens with zero attached hydrogens (tertiary/aromatic N) is 3. The van der Waals surface area contributed by atoms with Crippen molar-refractivity contribution in [3.8, 4) is 11.3 Å². The van der Waals surface area contributed by atoms with Crippen molar-refractivity contribution in [3.05, 3.63) is 41.0 Å². The number of anilines is 2. The molecule has 0 amide bonds. The molecule has 138 valence electrons. The van der Waals surface area contributed by atoms with Gasteiger partial charge in [0.05, 0.1) is 27.7 Å². The molecule has 0 saturated carbocycles. The Kier molecular flexibility index (Phi) is 4.60. The van der Waals surface area contributed by atoms with Gasteiger partial charge in [0.1, 0.15) is 0 Å². The van der Waals surface area contributed by atoms with Crippen LogP contribution >= 0.6 is 11.6 Å². The van der Waals surface area contributed by atoms with E-state index in [0.717, 1.165) is 29.9 Å². The Morgan fingerprint density at radius 3 is 2.46 bits per heavy atom. The molecule has 8 heteroatoms. The number of hydrogen-bond donors (Lipinski definition) is 0. The van der Waals surface area contributed by atoms with Gasteiger partial charge in [-0.2, -0.15) is 13.2 Å². The highest BCUT2D eigenvalue weighted by Crippen LogP contribution is 2.42. The molecular formula is C18H17ClF3N3O. The van der Waals surface area contributed by atoms with Gasteiger partial charge in [-0.25, -0.2) is 0 Å². The number of likely N-dealkylation sites (N-methyl/N-ethyl adjacent to an activating group) is 1. The van der Waals surface area contributed by atoms with Crippen LogP contribution in [0.2, 0.25) is 5.02 Å². The number of fused-ring (bicyclic) bond motifs is 1. The average molecular weight is 384 g/mol. The Morgan fingerprint density at radius 2 is 1.92 bits per heavy atom. The first-order chi connectivity index (χ1) is 12.1. The molecule has 1 atom stereocenters. The lowest BCUT2D eigenvalue weighted by Crippen LogP contribution is -2.46. The summed E-state index contributed by atoms with van der Waals surface area (Å²) in [5.41, 5.74) is 1.64. The van der Waals surface area contributed by atoms with E-state index in [9.17, 15) is 18.0 Å². The lowest BCUT2D eigenvalue weighted by atomic mass is 10.1. The molecule has 0 bridgehead atoms. The molecule has 26 heavy (non-hydrogen) atoms. The summed E-state index contributed by atoms with van der Waals surface area (Å²) < 4.78 is 38.4. The van der Waals surface area contributed by atoms with Gasteiger partial charge in [0.15, 0.2) is 12.5 Å². The second-order valence-electron chi connectivity index (χ2n) is 6.42. The van der Waals surface area contributed by atoms with Crippen LogP contribution in [0.5, 0.6) is 0 Å². The van der Waals surface area contributed by atoms with E-state index in [1.165, 1.54) is 0 Å². The van der Waals surface area contributed by atoms with E-state index in [4.69, 9.17) is 11.6 Å². The van der Waals surface area contributed by atoms with Gasteiger partial charge in [0, 0.05) is 24.8 Å². The summed E-state index contributed by atoms with van der Waals surface area (Å²) >= 11 is 6.05. The number of carbonyl (C=O) groups excluding carboxylic acids is 1. The molecule has 0 saturated heterocycles. The van der Waals surface area contributed by atoms with Gasteiger partial charge in [0.25, 0.3) is 0 Å². The molecule has 1 aromatic carbocycles. The second-order valence-corrected chi connectivity index (χ2v) is 6.82. The molecule has 4 nitrogen and oxygen atoms in total. The summed E-state index contributed by atoms with van der Waals surface area (Å²) in [4.78, 5) is 19.2.